The quantitative estimate of drug-likeness (QED) is 0.183. The predicted octanol–water partition coefficient (Wildman–Crippen LogP) is 6.32. The maximum Gasteiger partial charge on any atom is 0.261 e. The number of hydrogen-bond donors (Lipinski definition) is 1. The first-order valence-corrected chi connectivity index (χ1v) is 12.1. The summed E-state index contributed by atoms with van der Waals surface area (Å²) in [5.74, 6) is 0.157. The molecule has 0 radical (unpaired) electrons. The molecule has 170 valence electrons. The van der Waals surface area contributed by atoms with Gasteiger partial charge in [-0.15, -0.1) is 0 Å². The molecule has 5 nitrogen and oxygen atoms in total. The summed E-state index contributed by atoms with van der Waals surface area (Å²) in [5, 5.41) is 21.5. The van der Waals surface area contributed by atoms with Crippen molar-refractivity contribution >= 4 is 43.8 Å². The standard InChI is InChI=1S/C27H21Br2N3O2/c28-24-14-20(15-25(29)26(24)34-18-22-11-5-4-10-21(22)16-30)13-23(17-31)27(33)32-12-6-9-19-7-2-1-3-8-19/h1-5,7-8,10-11,13-15H,6,9,12,18H2,(H,32,33)/b23-13-. The number of halogens is 2. The largest absolute Gasteiger partial charge is 0.486 e. The van der Waals surface area contributed by atoms with E-state index in [2.05, 4.69) is 43.2 Å². The molecule has 0 saturated carbocycles. The molecule has 0 bridgehead atoms. The van der Waals surface area contributed by atoms with E-state index < -0.39 is 5.91 Å². The van der Waals surface area contributed by atoms with E-state index in [0.717, 1.165) is 18.4 Å². The van der Waals surface area contributed by atoms with Gasteiger partial charge in [-0.2, -0.15) is 10.5 Å². The predicted molar refractivity (Wildman–Crippen MR) is 139 cm³/mol. The third kappa shape index (κ3) is 7.05. The summed E-state index contributed by atoms with van der Waals surface area (Å²) in [6, 6.07) is 25.0. The number of hydrogen-bond acceptors (Lipinski definition) is 4. The van der Waals surface area contributed by atoms with Gasteiger partial charge in [-0.05, 0) is 80.1 Å². The number of carbonyl (C=O) groups is 1. The number of ether oxygens (including phenoxy) is 1. The van der Waals surface area contributed by atoms with Crippen LogP contribution in [0.3, 0.4) is 0 Å². The third-order valence-corrected chi connectivity index (χ3v) is 6.16. The summed E-state index contributed by atoms with van der Waals surface area (Å²) in [6.07, 6.45) is 3.18. The minimum Gasteiger partial charge on any atom is -0.486 e. The van der Waals surface area contributed by atoms with Crippen molar-refractivity contribution in [2.24, 2.45) is 0 Å². The Balaban J connectivity index is 1.63. The molecule has 3 rings (SSSR count). The first-order valence-electron chi connectivity index (χ1n) is 10.6. The summed E-state index contributed by atoms with van der Waals surface area (Å²) in [5.41, 5.74) is 3.24. The van der Waals surface area contributed by atoms with Gasteiger partial charge in [-0.1, -0.05) is 48.5 Å². The van der Waals surface area contributed by atoms with Gasteiger partial charge in [0, 0.05) is 12.1 Å². The van der Waals surface area contributed by atoms with E-state index in [1.54, 1.807) is 24.3 Å². The average molecular weight is 579 g/mol. The molecule has 0 aliphatic carbocycles. The van der Waals surface area contributed by atoms with Crippen LogP contribution in [0.25, 0.3) is 6.08 Å². The normalized spacial score (nSPS) is 10.8. The highest BCUT2D eigenvalue weighted by Gasteiger charge is 2.13. The van der Waals surface area contributed by atoms with Crippen molar-refractivity contribution in [2.75, 3.05) is 6.54 Å². The molecule has 3 aromatic rings. The minimum atomic E-state index is -0.406. The molecule has 0 spiro atoms. The Bertz CT molecular complexity index is 1250. The molecule has 34 heavy (non-hydrogen) atoms. The summed E-state index contributed by atoms with van der Waals surface area (Å²) in [4.78, 5) is 12.5. The molecule has 0 fully saturated rings. The smallest absolute Gasteiger partial charge is 0.261 e. The minimum absolute atomic E-state index is 0.0233. The van der Waals surface area contributed by atoms with Gasteiger partial charge in [0.05, 0.1) is 20.6 Å². The molecule has 0 aliphatic rings. The second-order valence-corrected chi connectivity index (χ2v) is 9.09. The van der Waals surface area contributed by atoms with Crippen LogP contribution in [0.5, 0.6) is 5.75 Å². The maximum absolute atomic E-state index is 12.5. The lowest BCUT2D eigenvalue weighted by atomic mass is 10.1. The van der Waals surface area contributed by atoms with Gasteiger partial charge in [0.2, 0.25) is 0 Å². The van der Waals surface area contributed by atoms with Crippen LogP contribution >= 0.6 is 31.9 Å². The molecule has 3 aromatic carbocycles. The van der Waals surface area contributed by atoms with Crippen molar-refractivity contribution in [3.63, 3.8) is 0 Å². The maximum atomic E-state index is 12.5. The van der Waals surface area contributed by atoms with Gasteiger partial charge in [0.25, 0.3) is 5.91 Å². The molecule has 0 saturated heterocycles. The van der Waals surface area contributed by atoms with E-state index in [9.17, 15) is 15.3 Å². The van der Waals surface area contributed by atoms with E-state index >= 15 is 0 Å². The second kappa shape index (κ2) is 12.7. The van der Waals surface area contributed by atoms with E-state index in [1.165, 1.54) is 11.6 Å². The van der Waals surface area contributed by atoms with Crippen LogP contribution in [-0.4, -0.2) is 12.5 Å². The number of nitrogens with one attached hydrogen (secondary N) is 1. The molecule has 0 atom stereocenters. The Morgan fingerprint density at radius 1 is 1.00 bits per heavy atom. The van der Waals surface area contributed by atoms with Crippen molar-refractivity contribution in [1.82, 2.24) is 5.32 Å². The van der Waals surface area contributed by atoms with Crippen molar-refractivity contribution < 1.29 is 9.53 Å². The highest BCUT2D eigenvalue weighted by molar-refractivity contribution is 9.11. The van der Waals surface area contributed by atoms with Gasteiger partial charge in [0.1, 0.15) is 24.0 Å². The molecule has 0 heterocycles. The molecule has 7 heteroatoms. The lowest BCUT2D eigenvalue weighted by molar-refractivity contribution is -0.117. The van der Waals surface area contributed by atoms with Crippen molar-refractivity contribution in [3.8, 4) is 17.9 Å². The number of aryl methyl sites for hydroxylation is 1. The van der Waals surface area contributed by atoms with Crippen LogP contribution in [0.1, 0.15) is 28.7 Å². The van der Waals surface area contributed by atoms with Crippen molar-refractivity contribution in [3.05, 3.63) is 104 Å². The Morgan fingerprint density at radius 2 is 1.68 bits per heavy atom. The Labute approximate surface area is 215 Å². The van der Waals surface area contributed by atoms with E-state index in [-0.39, 0.29) is 12.2 Å². The SMILES string of the molecule is N#C/C(=C/c1cc(Br)c(OCc2ccccc2C#N)c(Br)c1)C(=O)NCCCc1ccccc1. The summed E-state index contributed by atoms with van der Waals surface area (Å²) < 4.78 is 7.23. The summed E-state index contributed by atoms with van der Waals surface area (Å²) >= 11 is 6.99. The van der Waals surface area contributed by atoms with Gasteiger partial charge in [-0.3, -0.25) is 4.79 Å². The first kappa shape index (κ1) is 25.2. The van der Waals surface area contributed by atoms with E-state index in [1.807, 2.05) is 48.5 Å². The van der Waals surface area contributed by atoms with Gasteiger partial charge in [0.15, 0.2) is 0 Å². The van der Waals surface area contributed by atoms with Gasteiger partial charge in [-0.25, -0.2) is 0 Å². The zero-order chi connectivity index (χ0) is 24.3. The topological polar surface area (TPSA) is 85.9 Å². The zero-order valence-corrected chi connectivity index (χ0v) is 21.4. The number of rotatable bonds is 9. The molecular formula is C27H21Br2N3O2. The molecule has 1 N–H and O–H groups in total. The lowest BCUT2D eigenvalue weighted by Gasteiger charge is -2.12. The average Bonchev–Trinajstić information content (AvgIpc) is 2.85. The third-order valence-electron chi connectivity index (χ3n) is 4.98. The van der Waals surface area contributed by atoms with Crippen molar-refractivity contribution in [1.29, 1.82) is 10.5 Å². The number of nitrogens with zero attached hydrogens (tertiary/aromatic N) is 2. The Morgan fingerprint density at radius 3 is 2.35 bits per heavy atom. The number of amides is 1. The highest BCUT2D eigenvalue weighted by Crippen LogP contribution is 2.36. The monoisotopic (exact) mass is 577 g/mol. The fourth-order valence-electron chi connectivity index (χ4n) is 3.26. The molecule has 0 aliphatic heterocycles. The van der Waals surface area contributed by atoms with Crippen LogP contribution in [-0.2, 0) is 17.8 Å². The Hall–Kier alpha value is -3.39. The van der Waals surface area contributed by atoms with Crippen molar-refractivity contribution in [2.45, 2.75) is 19.4 Å². The van der Waals surface area contributed by atoms with Gasteiger partial charge < -0.3 is 10.1 Å². The summed E-state index contributed by atoms with van der Waals surface area (Å²) in [6.45, 7) is 0.710. The fraction of sp³-hybridized carbons (Fsp3) is 0.148. The van der Waals surface area contributed by atoms with E-state index in [4.69, 9.17) is 4.74 Å². The molecule has 1 amide bonds. The zero-order valence-electron chi connectivity index (χ0n) is 18.2. The summed E-state index contributed by atoms with van der Waals surface area (Å²) in [7, 11) is 0. The van der Waals surface area contributed by atoms with Crippen LogP contribution in [0.15, 0.2) is 81.2 Å². The Kier molecular flexibility index (Phi) is 9.46. The van der Waals surface area contributed by atoms with Crippen LogP contribution < -0.4 is 10.1 Å². The van der Waals surface area contributed by atoms with Crippen LogP contribution in [0.4, 0.5) is 0 Å². The molecule has 0 aromatic heterocycles. The molecular weight excluding hydrogens is 558 g/mol. The van der Waals surface area contributed by atoms with Crippen LogP contribution in [0.2, 0.25) is 0 Å². The number of benzene rings is 3. The number of carbonyl (C=O) groups excluding carboxylic acids is 1. The second-order valence-electron chi connectivity index (χ2n) is 7.39. The number of nitriles is 2. The van der Waals surface area contributed by atoms with E-state index in [0.29, 0.717) is 32.4 Å². The first-order chi connectivity index (χ1) is 16.5. The molecule has 0 unspecified atom stereocenters. The fourth-order valence-corrected chi connectivity index (χ4v) is 4.71. The van der Waals surface area contributed by atoms with Crippen LogP contribution in [0, 0.1) is 22.7 Å². The highest BCUT2D eigenvalue weighted by atomic mass is 79.9. The lowest BCUT2D eigenvalue weighted by Crippen LogP contribution is -2.25. The van der Waals surface area contributed by atoms with Gasteiger partial charge >= 0.3 is 0 Å².